The highest BCUT2D eigenvalue weighted by atomic mass is 32.2. The third kappa shape index (κ3) is 3.68. The molecule has 0 spiro atoms. The first-order chi connectivity index (χ1) is 11.0. The molecule has 24 heavy (non-hydrogen) atoms. The molecule has 0 atom stereocenters. The van der Waals surface area contributed by atoms with Crippen LogP contribution in [0.2, 0.25) is 0 Å². The summed E-state index contributed by atoms with van der Waals surface area (Å²) in [4.78, 5) is 4.35. The first kappa shape index (κ1) is 17.5. The maximum absolute atomic E-state index is 11.6. The molecule has 132 valence electrons. The van der Waals surface area contributed by atoms with Crippen molar-refractivity contribution in [1.29, 1.82) is 0 Å². The Morgan fingerprint density at radius 3 is 2.33 bits per heavy atom. The van der Waals surface area contributed by atoms with Crippen molar-refractivity contribution in [1.82, 2.24) is 4.98 Å². The van der Waals surface area contributed by atoms with Crippen LogP contribution in [0.3, 0.4) is 0 Å². The van der Waals surface area contributed by atoms with Gasteiger partial charge >= 0.3 is 7.12 Å². The standard InChI is InChI=1S/C15H23BN2O5S/c1-14(2)15(3,4)23-16(22-14)13-8-11(18-24(5,19)20)12(9-17-13)21-10-6-7-10/h8-10H,6-7H2,1-5H3,(H,17,18). The van der Waals surface area contributed by atoms with Gasteiger partial charge in [-0.1, -0.05) is 0 Å². The smallest absolute Gasteiger partial charge is 0.487 e. The third-order valence-corrected chi connectivity index (χ3v) is 5.09. The van der Waals surface area contributed by atoms with Gasteiger partial charge in [0.15, 0.2) is 5.75 Å². The van der Waals surface area contributed by atoms with Crippen molar-refractivity contribution >= 4 is 28.4 Å². The van der Waals surface area contributed by atoms with Crippen LogP contribution in [0.4, 0.5) is 5.69 Å². The number of hydrogen-bond acceptors (Lipinski definition) is 6. The summed E-state index contributed by atoms with van der Waals surface area (Å²) in [7, 11) is -4.10. The number of hydrogen-bond donors (Lipinski definition) is 1. The maximum atomic E-state index is 11.6. The Kier molecular flexibility index (Phi) is 4.09. The number of anilines is 1. The second kappa shape index (κ2) is 5.61. The van der Waals surface area contributed by atoms with Crippen LogP contribution < -0.4 is 15.1 Å². The fraction of sp³-hybridized carbons (Fsp3) is 0.667. The minimum atomic E-state index is -3.44. The molecule has 7 nitrogen and oxygen atoms in total. The van der Waals surface area contributed by atoms with E-state index in [2.05, 4.69) is 9.71 Å². The van der Waals surface area contributed by atoms with Crippen molar-refractivity contribution in [3.8, 4) is 5.75 Å². The summed E-state index contributed by atoms with van der Waals surface area (Å²) in [5.74, 6) is 0.420. The van der Waals surface area contributed by atoms with E-state index >= 15 is 0 Å². The summed E-state index contributed by atoms with van der Waals surface area (Å²) >= 11 is 0. The summed E-state index contributed by atoms with van der Waals surface area (Å²) in [6.45, 7) is 7.81. The molecule has 0 bridgehead atoms. The minimum Gasteiger partial charge on any atom is -0.487 e. The second-order valence-electron chi connectivity index (χ2n) is 7.39. The lowest BCUT2D eigenvalue weighted by Crippen LogP contribution is -2.41. The Morgan fingerprint density at radius 1 is 1.25 bits per heavy atom. The van der Waals surface area contributed by atoms with Crippen LogP contribution in [-0.2, 0) is 19.3 Å². The first-order valence-electron chi connectivity index (χ1n) is 7.97. The van der Waals surface area contributed by atoms with E-state index in [9.17, 15) is 8.42 Å². The first-order valence-corrected chi connectivity index (χ1v) is 9.86. The second-order valence-corrected chi connectivity index (χ2v) is 9.13. The number of nitrogens with one attached hydrogen (secondary N) is 1. The normalized spacial score (nSPS) is 22.5. The van der Waals surface area contributed by atoms with Gasteiger partial charge in [0, 0.05) is 0 Å². The highest BCUT2D eigenvalue weighted by molar-refractivity contribution is 7.92. The molecule has 2 heterocycles. The molecule has 1 aliphatic heterocycles. The van der Waals surface area contributed by atoms with Gasteiger partial charge in [0.2, 0.25) is 10.0 Å². The van der Waals surface area contributed by atoms with Gasteiger partial charge in [-0.3, -0.25) is 9.71 Å². The largest absolute Gasteiger partial charge is 0.514 e. The molecule has 3 rings (SSSR count). The van der Waals surface area contributed by atoms with Crippen molar-refractivity contribution in [2.24, 2.45) is 0 Å². The molecule has 0 amide bonds. The van der Waals surface area contributed by atoms with Gasteiger partial charge < -0.3 is 14.0 Å². The Bertz CT molecular complexity index is 730. The molecule has 0 radical (unpaired) electrons. The monoisotopic (exact) mass is 354 g/mol. The van der Waals surface area contributed by atoms with E-state index in [1.165, 1.54) is 6.20 Å². The van der Waals surface area contributed by atoms with Gasteiger partial charge in [-0.15, -0.1) is 0 Å². The molecular formula is C15H23BN2O5S. The number of rotatable bonds is 5. The lowest BCUT2D eigenvalue weighted by molar-refractivity contribution is 0.00578. The summed E-state index contributed by atoms with van der Waals surface area (Å²) in [6.07, 6.45) is 4.69. The van der Waals surface area contributed by atoms with Crippen molar-refractivity contribution in [3.63, 3.8) is 0 Å². The number of pyridine rings is 1. The van der Waals surface area contributed by atoms with Crippen LogP contribution in [0, 0.1) is 0 Å². The minimum absolute atomic E-state index is 0.134. The van der Waals surface area contributed by atoms with E-state index in [1.54, 1.807) is 6.07 Å². The Balaban J connectivity index is 1.91. The topological polar surface area (TPSA) is 86.8 Å². The average Bonchev–Trinajstić information content (AvgIpc) is 3.17. The zero-order chi connectivity index (χ0) is 17.8. The molecule has 2 aliphatic rings. The molecule has 9 heteroatoms. The van der Waals surface area contributed by atoms with Crippen LogP contribution in [0.25, 0.3) is 0 Å². The van der Waals surface area contributed by atoms with E-state index in [4.69, 9.17) is 14.0 Å². The van der Waals surface area contributed by atoms with E-state index < -0.39 is 28.3 Å². The predicted molar refractivity (Wildman–Crippen MR) is 92.1 cm³/mol. The Labute approximate surface area is 143 Å². The van der Waals surface area contributed by atoms with Crippen LogP contribution in [0.1, 0.15) is 40.5 Å². The van der Waals surface area contributed by atoms with Gasteiger partial charge in [-0.05, 0) is 46.6 Å². The van der Waals surface area contributed by atoms with Crippen LogP contribution in [-0.4, -0.2) is 44.1 Å². The van der Waals surface area contributed by atoms with Crippen molar-refractivity contribution < 1.29 is 22.5 Å². The van der Waals surface area contributed by atoms with Crippen LogP contribution in [0.15, 0.2) is 12.3 Å². The van der Waals surface area contributed by atoms with E-state index in [-0.39, 0.29) is 6.10 Å². The lowest BCUT2D eigenvalue weighted by atomic mass is 9.84. The molecule has 0 aromatic carbocycles. The summed E-state index contributed by atoms with van der Waals surface area (Å²) < 4.78 is 43.4. The Hall–Kier alpha value is -1.32. The van der Waals surface area contributed by atoms with Gasteiger partial charge in [0.05, 0.1) is 41.0 Å². The summed E-state index contributed by atoms with van der Waals surface area (Å²) in [5.41, 5.74) is -0.132. The molecule has 1 N–H and O–H groups in total. The Morgan fingerprint density at radius 2 is 1.83 bits per heavy atom. The quantitative estimate of drug-likeness (QED) is 0.802. The lowest BCUT2D eigenvalue weighted by Gasteiger charge is -2.32. The highest BCUT2D eigenvalue weighted by Crippen LogP contribution is 2.37. The number of sulfonamides is 1. The van der Waals surface area contributed by atoms with Gasteiger partial charge in [-0.25, -0.2) is 8.42 Å². The fourth-order valence-electron chi connectivity index (χ4n) is 2.29. The summed E-state index contributed by atoms with van der Waals surface area (Å²) in [6, 6.07) is 1.61. The molecule has 1 aliphatic carbocycles. The maximum Gasteiger partial charge on any atom is 0.514 e. The number of nitrogens with zero attached hydrogens (tertiary/aromatic N) is 1. The van der Waals surface area contributed by atoms with Gasteiger partial charge in [0.1, 0.15) is 0 Å². The number of aromatic nitrogens is 1. The van der Waals surface area contributed by atoms with E-state index in [1.807, 2.05) is 27.7 Å². The zero-order valence-corrected chi connectivity index (χ0v) is 15.4. The zero-order valence-electron chi connectivity index (χ0n) is 14.6. The van der Waals surface area contributed by atoms with E-state index in [0.29, 0.717) is 17.0 Å². The molecule has 1 aromatic heterocycles. The number of ether oxygens (including phenoxy) is 1. The van der Waals surface area contributed by atoms with Crippen molar-refractivity contribution in [2.75, 3.05) is 11.0 Å². The van der Waals surface area contributed by atoms with Crippen molar-refractivity contribution in [2.45, 2.75) is 57.8 Å². The predicted octanol–water partition coefficient (Wildman–Crippen LogP) is 1.29. The van der Waals surface area contributed by atoms with Crippen LogP contribution in [0.5, 0.6) is 5.75 Å². The van der Waals surface area contributed by atoms with E-state index in [0.717, 1.165) is 19.1 Å². The van der Waals surface area contributed by atoms with Gasteiger partial charge in [0.25, 0.3) is 0 Å². The van der Waals surface area contributed by atoms with Gasteiger partial charge in [-0.2, -0.15) is 0 Å². The summed E-state index contributed by atoms with van der Waals surface area (Å²) in [5, 5.41) is 0. The molecule has 1 saturated heterocycles. The third-order valence-electron chi connectivity index (χ3n) is 4.50. The average molecular weight is 354 g/mol. The fourth-order valence-corrected chi connectivity index (χ4v) is 2.85. The highest BCUT2D eigenvalue weighted by Gasteiger charge is 2.52. The molecule has 0 unspecified atom stereocenters. The SMILES string of the molecule is CC1(C)OB(c2cc(NS(C)(=O)=O)c(OC3CC3)cn2)OC1(C)C. The van der Waals surface area contributed by atoms with Crippen LogP contribution >= 0.6 is 0 Å². The van der Waals surface area contributed by atoms with Crippen molar-refractivity contribution in [3.05, 3.63) is 12.3 Å². The molecule has 1 saturated carbocycles. The molecular weight excluding hydrogens is 331 g/mol. The molecule has 2 fully saturated rings. The molecule has 1 aromatic rings.